The van der Waals surface area contributed by atoms with Crippen molar-refractivity contribution in [1.82, 2.24) is 19.9 Å². The normalized spacial score (nSPS) is 20.3. The third-order valence-electron chi connectivity index (χ3n) is 8.42. The number of nitrogens with one attached hydrogen (secondary N) is 4. The zero-order chi connectivity index (χ0) is 27.2. The SMILES string of the molecule is Nc1ccc(CCNc2cc3[nH]c(=O)c(-c4nc5ccccc5[nH]4)c(N[C@H]4CN5CCC4CC5)c3cc2F)cc1. The van der Waals surface area contributed by atoms with E-state index < -0.39 is 0 Å². The molecule has 2 bridgehead atoms. The highest BCUT2D eigenvalue weighted by atomic mass is 19.1. The van der Waals surface area contributed by atoms with E-state index in [0.717, 1.165) is 49.1 Å². The van der Waals surface area contributed by atoms with Gasteiger partial charge in [-0.3, -0.25) is 4.79 Å². The highest BCUT2D eigenvalue weighted by molar-refractivity contribution is 6.00. The molecule has 0 amide bonds. The fourth-order valence-corrected chi connectivity index (χ4v) is 6.24. The first-order chi connectivity index (χ1) is 19.5. The van der Waals surface area contributed by atoms with Gasteiger partial charge in [0, 0.05) is 30.2 Å². The van der Waals surface area contributed by atoms with Crippen molar-refractivity contribution in [2.75, 3.05) is 42.5 Å². The van der Waals surface area contributed by atoms with Crippen molar-refractivity contribution in [1.29, 1.82) is 0 Å². The molecule has 0 aliphatic carbocycles. The Morgan fingerprint density at radius 2 is 1.82 bits per heavy atom. The number of rotatable bonds is 7. The quantitative estimate of drug-likeness (QED) is 0.188. The zero-order valence-corrected chi connectivity index (χ0v) is 22.1. The van der Waals surface area contributed by atoms with Crippen molar-refractivity contribution in [3.05, 3.63) is 82.4 Å². The van der Waals surface area contributed by atoms with E-state index in [1.165, 1.54) is 6.07 Å². The number of hydrogen-bond acceptors (Lipinski definition) is 6. The van der Waals surface area contributed by atoms with Gasteiger partial charge < -0.3 is 31.2 Å². The molecule has 5 aromatic rings. The first-order valence-corrected chi connectivity index (χ1v) is 13.9. The third kappa shape index (κ3) is 4.56. The summed E-state index contributed by atoms with van der Waals surface area (Å²) in [4.78, 5) is 27.2. The summed E-state index contributed by atoms with van der Waals surface area (Å²) >= 11 is 0. The predicted octanol–water partition coefficient (Wildman–Crippen LogP) is 4.95. The summed E-state index contributed by atoms with van der Waals surface area (Å²) in [5.74, 6) is 0.616. The summed E-state index contributed by atoms with van der Waals surface area (Å²) in [5.41, 5.74) is 10.9. The summed E-state index contributed by atoms with van der Waals surface area (Å²) in [7, 11) is 0. The Morgan fingerprint density at radius 3 is 2.58 bits per heavy atom. The lowest BCUT2D eigenvalue weighted by Crippen LogP contribution is -2.53. The standard InChI is InChI=1S/C31H32FN7O/c32-22-15-21-25(16-26(22)34-12-9-18-5-7-20(33)8-6-18)38-31(40)28(30-36-23-3-1-2-4-24(23)37-30)29(21)35-27-17-39-13-10-19(27)11-14-39/h1-8,15-16,19,27,34H,9-14,17,33H2,(H,36,37)(H2,35,38,40)/t27-/m0/s1. The first kappa shape index (κ1) is 24.7. The highest BCUT2D eigenvalue weighted by Crippen LogP contribution is 2.37. The van der Waals surface area contributed by atoms with Crippen molar-refractivity contribution in [2.45, 2.75) is 25.3 Å². The van der Waals surface area contributed by atoms with E-state index in [4.69, 9.17) is 10.7 Å². The average Bonchev–Trinajstić information content (AvgIpc) is 3.39. The summed E-state index contributed by atoms with van der Waals surface area (Å²) in [5, 5.41) is 7.54. The van der Waals surface area contributed by atoms with E-state index >= 15 is 4.39 Å². The van der Waals surface area contributed by atoms with E-state index in [0.29, 0.717) is 58.2 Å². The van der Waals surface area contributed by atoms with Gasteiger partial charge in [0.1, 0.15) is 17.2 Å². The van der Waals surface area contributed by atoms with Crippen molar-refractivity contribution >= 4 is 39.0 Å². The lowest BCUT2D eigenvalue weighted by molar-refractivity contribution is 0.0976. The maximum Gasteiger partial charge on any atom is 0.261 e. The molecule has 40 heavy (non-hydrogen) atoms. The Hall–Kier alpha value is -4.37. The minimum absolute atomic E-state index is 0.177. The largest absolute Gasteiger partial charge is 0.399 e. The molecule has 8 nitrogen and oxygen atoms in total. The van der Waals surface area contributed by atoms with Gasteiger partial charge in [-0.15, -0.1) is 0 Å². The average molecular weight is 538 g/mol. The van der Waals surface area contributed by atoms with Crippen molar-refractivity contribution in [3.63, 3.8) is 0 Å². The molecule has 3 aliphatic rings. The van der Waals surface area contributed by atoms with Crippen LogP contribution in [0.5, 0.6) is 0 Å². The number of halogens is 1. The van der Waals surface area contributed by atoms with Crippen LogP contribution in [0.3, 0.4) is 0 Å². The number of hydrogen-bond donors (Lipinski definition) is 5. The van der Waals surface area contributed by atoms with Crippen LogP contribution in [0.2, 0.25) is 0 Å². The molecule has 5 heterocycles. The van der Waals surface area contributed by atoms with E-state index in [2.05, 4.69) is 25.5 Å². The van der Waals surface area contributed by atoms with Gasteiger partial charge in [-0.2, -0.15) is 0 Å². The van der Waals surface area contributed by atoms with Crippen LogP contribution in [0.15, 0.2) is 65.5 Å². The molecule has 3 aliphatic heterocycles. The molecule has 6 N–H and O–H groups in total. The highest BCUT2D eigenvalue weighted by Gasteiger charge is 2.35. The van der Waals surface area contributed by atoms with Gasteiger partial charge in [-0.25, -0.2) is 9.37 Å². The number of para-hydroxylation sites is 2. The Labute approximate surface area is 230 Å². The Bertz CT molecular complexity index is 1720. The number of imidazole rings is 1. The molecule has 204 valence electrons. The summed E-state index contributed by atoms with van der Waals surface area (Å²) in [6.45, 7) is 3.66. The minimum atomic E-state index is -0.371. The number of aromatic amines is 2. The third-order valence-corrected chi connectivity index (χ3v) is 8.42. The van der Waals surface area contributed by atoms with E-state index in [9.17, 15) is 4.79 Å². The Balaban J connectivity index is 1.28. The van der Waals surface area contributed by atoms with Gasteiger partial charge >= 0.3 is 0 Å². The maximum atomic E-state index is 15.6. The lowest BCUT2D eigenvalue weighted by Gasteiger charge is -2.45. The number of nitrogen functional groups attached to an aromatic ring is 1. The van der Waals surface area contributed by atoms with Gasteiger partial charge in [-0.05, 0) is 80.2 Å². The summed E-state index contributed by atoms with van der Waals surface area (Å²) < 4.78 is 15.6. The number of benzene rings is 3. The van der Waals surface area contributed by atoms with E-state index in [1.807, 2.05) is 48.5 Å². The van der Waals surface area contributed by atoms with Gasteiger partial charge in [0.2, 0.25) is 0 Å². The molecular formula is C31H32FN7O. The monoisotopic (exact) mass is 537 g/mol. The lowest BCUT2D eigenvalue weighted by atomic mass is 9.83. The molecule has 3 aromatic carbocycles. The van der Waals surface area contributed by atoms with Crippen LogP contribution < -0.4 is 21.9 Å². The van der Waals surface area contributed by atoms with Crippen molar-refractivity contribution in [2.24, 2.45) is 5.92 Å². The fraction of sp³-hybridized carbons (Fsp3) is 0.290. The molecule has 8 rings (SSSR count). The second-order valence-corrected chi connectivity index (χ2v) is 11.0. The van der Waals surface area contributed by atoms with Crippen LogP contribution in [-0.2, 0) is 6.42 Å². The Kier molecular flexibility index (Phi) is 6.15. The molecule has 3 fully saturated rings. The number of aromatic nitrogens is 3. The van der Waals surface area contributed by atoms with Crippen LogP contribution in [0.1, 0.15) is 18.4 Å². The molecule has 0 saturated carbocycles. The number of fused-ring (bicyclic) bond motifs is 5. The smallest absolute Gasteiger partial charge is 0.261 e. The molecule has 2 aromatic heterocycles. The minimum Gasteiger partial charge on any atom is -0.399 e. The van der Waals surface area contributed by atoms with Gasteiger partial charge in [-0.1, -0.05) is 24.3 Å². The van der Waals surface area contributed by atoms with Crippen molar-refractivity contribution < 1.29 is 4.39 Å². The predicted molar refractivity (Wildman–Crippen MR) is 159 cm³/mol. The van der Waals surface area contributed by atoms with Gasteiger partial charge in [0.15, 0.2) is 0 Å². The van der Waals surface area contributed by atoms with Crippen LogP contribution in [-0.4, -0.2) is 52.1 Å². The molecule has 0 spiro atoms. The molecule has 9 heteroatoms. The first-order valence-electron chi connectivity index (χ1n) is 13.9. The van der Waals surface area contributed by atoms with Crippen LogP contribution in [0.4, 0.5) is 21.5 Å². The number of piperidine rings is 3. The molecule has 3 saturated heterocycles. The number of nitrogens with zero attached hydrogens (tertiary/aromatic N) is 2. The van der Waals surface area contributed by atoms with Gasteiger partial charge in [0.05, 0.1) is 27.9 Å². The Morgan fingerprint density at radius 1 is 1.02 bits per heavy atom. The molecule has 0 unspecified atom stereocenters. The fourth-order valence-electron chi connectivity index (χ4n) is 6.24. The van der Waals surface area contributed by atoms with Crippen LogP contribution in [0.25, 0.3) is 33.3 Å². The molecule has 1 atom stereocenters. The second kappa shape index (κ2) is 9.98. The topological polar surface area (TPSA) is 115 Å². The number of pyridine rings is 1. The van der Waals surface area contributed by atoms with Crippen LogP contribution >= 0.6 is 0 Å². The van der Waals surface area contributed by atoms with Crippen molar-refractivity contribution in [3.8, 4) is 11.4 Å². The second-order valence-electron chi connectivity index (χ2n) is 11.0. The number of anilines is 3. The number of H-pyrrole nitrogens is 2. The number of nitrogens with two attached hydrogens (primary N) is 1. The maximum absolute atomic E-state index is 15.6. The van der Waals surface area contributed by atoms with E-state index in [-0.39, 0.29) is 17.4 Å². The van der Waals surface area contributed by atoms with Gasteiger partial charge in [0.25, 0.3) is 5.56 Å². The molecular weight excluding hydrogens is 505 g/mol. The zero-order valence-electron chi connectivity index (χ0n) is 22.1. The van der Waals surface area contributed by atoms with E-state index in [1.54, 1.807) is 6.07 Å². The summed E-state index contributed by atoms with van der Waals surface area (Å²) in [6.07, 6.45) is 2.95. The van der Waals surface area contributed by atoms with Crippen LogP contribution in [0, 0.1) is 11.7 Å². The summed E-state index contributed by atoms with van der Waals surface area (Å²) in [6, 6.07) is 18.7. The molecule has 0 radical (unpaired) electrons.